The largest absolute Gasteiger partial charge is 0.378 e. The molecule has 4 heteroatoms. The molecule has 4 rings (SSSR count). The second kappa shape index (κ2) is 14.0. The van der Waals surface area contributed by atoms with Crippen molar-refractivity contribution in [1.82, 2.24) is 0 Å². The van der Waals surface area contributed by atoms with Crippen molar-refractivity contribution in [3.05, 3.63) is 83.2 Å². The topological polar surface area (TPSA) is 9.23 Å². The van der Waals surface area contributed by atoms with Gasteiger partial charge in [-0.3, -0.25) is 0 Å². The Bertz CT molecular complexity index is 1160. The molecule has 1 aliphatic rings. The number of benzene rings is 3. The molecule has 2 unspecified atom stereocenters. The summed E-state index contributed by atoms with van der Waals surface area (Å²) in [7, 11) is 0. The summed E-state index contributed by atoms with van der Waals surface area (Å²) < 4.78 is 50.8. The van der Waals surface area contributed by atoms with Gasteiger partial charge in [-0.2, -0.15) is 0 Å². The van der Waals surface area contributed by atoms with Crippen LogP contribution in [0.1, 0.15) is 95.1 Å². The first-order valence-corrected chi connectivity index (χ1v) is 14.5. The molecule has 1 fully saturated rings. The van der Waals surface area contributed by atoms with E-state index in [0.29, 0.717) is 41.4 Å². The second-order valence-electron chi connectivity index (χ2n) is 10.8. The number of unbranched alkanes of at least 4 members (excludes halogenated alkanes) is 5. The minimum absolute atomic E-state index is 0.218. The molecule has 1 heterocycles. The van der Waals surface area contributed by atoms with Crippen LogP contribution in [0.2, 0.25) is 0 Å². The Kier molecular flexibility index (Phi) is 10.5. The lowest BCUT2D eigenvalue weighted by Crippen LogP contribution is -2.24. The number of ether oxygens (including phenoxy) is 1. The van der Waals surface area contributed by atoms with Gasteiger partial charge in [0.15, 0.2) is 11.6 Å². The van der Waals surface area contributed by atoms with Crippen molar-refractivity contribution >= 4 is 0 Å². The third-order valence-corrected chi connectivity index (χ3v) is 7.91. The fraction of sp³-hybridized carbons (Fsp3) is 0.471. The molecule has 0 N–H and O–H groups in total. The summed E-state index contributed by atoms with van der Waals surface area (Å²) >= 11 is 0. The van der Waals surface area contributed by atoms with Crippen molar-refractivity contribution in [2.45, 2.75) is 96.5 Å². The van der Waals surface area contributed by atoms with Gasteiger partial charge in [-0.05, 0) is 60.4 Å². The minimum atomic E-state index is -0.812. The lowest BCUT2D eigenvalue weighted by Gasteiger charge is -2.29. The third-order valence-electron chi connectivity index (χ3n) is 7.91. The van der Waals surface area contributed by atoms with Crippen LogP contribution in [-0.4, -0.2) is 12.7 Å². The molecule has 0 amide bonds. The van der Waals surface area contributed by atoms with Gasteiger partial charge in [0.1, 0.15) is 5.82 Å². The van der Waals surface area contributed by atoms with Crippen LogP contribution in [0, 0.1) is 17.5 Å². The van der Waals surface area contributed by atoms with Gasteiger partial charge in [-0.1, -0.05) is 101 Å². The average molecular weight is 523 g/mol. The summed E-state index contributed by atoms with van der Waals surface area (Å²) in [5.41, 5.74) is 3.42. The first-order chi connectivity index (χ1) is 18.5. The van der Waals surface area contributed by atoms with Crippen LogP contribution in [0.25, 0.3) is 22.3 Å². The SMILES string of the molecule is CCCCCCCCc1ccc(-c2ccc(-c3ccc(C4CCC(CCC)OC4)cc3F)cc2)c(F)c1F. The van der Waals surface area contributed by atoms with Gasteiger partial charge >= 0.3 is 0 Å². The minimum Gasteiger partial charge on any atom is -0.378 e. The van der Waals surface area contributed by atoms with E-state index in [1.54, 1.807) is 42.5 Å². The molecule has 1 aliphatic heterocycles. The summed E-state index contributed by atoms with van der Waals surface area (Å²) in [6.45, 7) is 4.98. The molecule has 0 saturated carbocycles. The number of hydrogen-bond donors (Lipinski definition) is 0. The highest BCUT2D eigenvalue weighted by atomic mass is 19.2. The highest BCUT2D eigenvalue weighted by Crippen LogP contribution is 2.34. The van der Waals surface area contributed by atoms with Crippen LogP contribution in [0.4, 0.5) is 13.2 Å². The molecular formula is C34H41F3O. The highest BCUT2D eigenvalue weighted by molar-refractivity contribution is 5.71. The van der Waals surface area contributed by atoms with Crippen LogP contribution in [0.3, 0.4) is 0 Å². The van der Waals surface area contributed by atoms with Crippen molar-refractivity contribution < 1.29 is 17.9 Å². The molecule has 2 atom stereocenters. The lowest BCUT2D eigenvalue weighted by molar-refractivity contribution is -0.00115. The first kappa shape index (κ1) is 28.4. The van der Waals surface area contributed by atoms with Gasteiger partial charge in [0.25, 0.3) is 0 Å². The van der Waals surface area contributed by atoms with Crippen LogP contribution < -0.4 is 0 Å². The van der Waals surface area contributed by atoms with Crippen molar-refractivity contribution in [2.24, 2.45) is 0 Å². The van der Waals surface area contributed by atoms with Gasteiger partial charge in [0, 0.05) is 17.0 Å². The molecule has 0 aromatic heterocycles. The summed E-state index contributed by atoms with van der Waals surface area (Å²) in [4.78, 5) is 0. The maximum absolute atomic E-state index is 15.1. The van der Waals surface area contributed by atoms with Crippen LogP contribution in [0.5, 0.6) is 0 Å². The van der Waals surface area contributed by atoms with Gasteiger partial charge in [0.05, 0.1) is 12.7 Å². The summed E-state index contributed by atoms with van der Waals surface area (Å²) in [5, 5.41) is 0. The predicted octanol–water partition coefficient (Wildman–Crippen LogP) is 10.4. The quantitative estimate of drug-likeness (QED) is 0.215. The Labute approximate surface area is 226 Å². The smallest absolute Gasteiger partial charge is 0.166 e. The Balaban J connectivity index is 1.41. The van der Waals surface area contributed by atoms with E-state index >= 15 is 4.39 Å². The second-order valence-corrected chi connectivity index (χ2v) is 10.8. The third kappa shape index (κ3) is 7.08. The standard InChI is InChI=1S/C34H41F3O/c1-3-5-6-7-8-9-11-26-17-21-31(34(37)33(26)36)25-14-12-24(13-15-25)30-20-18-27(22-32(30)35)28-16-19-29(10-4-2)38-23-28/h12-15,17-18,20-22,28-29H,3-11,16,19,23H2,1-2H3. The Morgan fingerprint density at radius 2 is 1.39 bits per heavy atom. The highest BCUT2D eigenvalue weighted by Gasteiger charge is 2.23. The van der Waals surface area contributed by atoms with E-state index in [2.05, 4.69) is 13.8 Å². The number of halogens is 3. The summed E-state index contributed by atoms with van der Waals surface area (Å²) in [5.74, 6) is -1.62. The van der Waals surface area contributed by atoms with E-state index in [-0.39, 0.29) is 17.3 Å². The zero-order valence-corrected chi connectivity index (χ0v) is 22.9. The van der Waals surface area contributed by atoms with Crippen molar-refractivity contribution in [2.75, 3.05) is 6.61 Å². The van der Waals surface area contributed by atoms with Crippen LogP contribution in [-0.2, 0) is 11.2 Å². The van der Waals surface area contributed by atoms with Gasteiger partial charge < -0.3 is 4.74 Å². The maximum Gasteiger partial charge on any atom is 0.166 e. The fourth-order valence-corrected chi connectivity index (χ4v) is 5.57. The van der Waals surface area contributed by atoms with E-state index in [1.807, 2.05) is 12.1 Å². The van der Waals surface area contributed by atoms with Crippen molar-refractivity contribution in [3.63, 3.8) is 0 Å². The maximum atomic E-state index is 15.1. The van der Waals surface area contributed by atoms with Crippen molar-refractivity contribution in [1.29, 1.82) is 0 Å². The molecule has 3 aromatic rings. The van der Waals surface area contributed by atoms with E-state index in [4.69, 9.17) is 4.74 Å². The molecule has 0 spiro atoms. The molecule has 38 heavy (non-hydrogen) atoms. The number of rotatable bonds is 12. The number of hydrogen-bond acceptors (Lipinski definition) is 1. The monoisotopic (exact) mass is 522 g/mol. The van der Waals surface area contributed by atoms with Crippen molar-refractivity contribution in [3.8, 4) is 22.3 Å². The zero-order chi connectivity index (χ0) is 26.9. The average Bonchev–Trinajstić information content (AvgIpc) is 2.94. The normalized spacial score (nSPS) is 17.6. The first-order valence-electron chi connectivity index (χ1n) is 14.5. The van der Waals surface area contributed by atoms with E-state index in [9.17, 15) is 8.78 Å². The zero-order valence-electron chi connectivity index (χ0n) is 22.9. The lowest BCUT2D eigenvalue weighted by atomic mass is 9.89. The van der Waals surface area contributed by atoms with E-state index in [0.717, 1.165) is 50.5 Å². The molecule has 0 bridgehead atoms. The van der Waals surface area contributed by atoms with E-state index in [1.165, 1.54) is 19.3 Å². The Hall–Kier alpha value is -2.59. The summed E-state index contributed by atoms with van der Waals surface area (Å²) in [6.07, 6.45) is 11.8. The number of aryl methyl sites for hydroxylation is 1. The molecule has 3 aromatic carbocycles. The van der Waals surface area contributed by atoms with Gasteiger partial charge in [0.2, 0.25) is 0 Å². The van der Waals surface area contributed by atoms with Gasteiger partial charge in [-0.15, -0.1) is 0 Å². The molecule has 0 radical (unpaired) electrons. The predicted molar refractivity (Wildman–Crippen MR) is 151 cm³/mol. The Morgan fingerprint density at radius 1 is 0.711 bits per heavy atom. The molecule has 1 saturated heterocycles. The molecular weight excluding hydrogens is 481 g/mol. The van der Waals surface area contributed by atoms with Gasteiger partial charge in [-0.25, -0.2) is 13.2 Å². The molecule has 204 valence electrons. The fourth-order valence-electron chi connectivity index (χ4n) is 5.57. The van der Waals surface area contributed by atoms with Crippen LogP contribution >= 0.6 is 0 Å². The summed E-state index contributed by atoms with van der Waals surface area (Å²) in [6, 6.07) is 15.8. The Morgan fingerprint density at radius 3 is 2.05 bits per heavy atom. The van der Waals surface area contributed by atoms with Crippen LogP contribution in [0.15, 0.2) is 54.6 Å². The molecule has 1 nitrogen and oxygen atoms in total. The van der Waals surface area contributed by atoms with E-state index < -0.39 is 11.6 Å². The molecule has 0 aliphatic carbocycles.